The van der Waals surface area contributed by atoms with E-state index in [0.717, 1.165) is 37.1 Å². The zero-order valence-corrected chi connectivity index (χ0v) is 40.2. The quantitative estimate of drug-likeness (QED) is 0.106. The van der Waals surface area contributed by atoms with E-state index in [1.54, 1.807) is 0 Å². The lowest BCUT2D eigenvalue weighted by Crippen LogP contribution is -2.54. The maximum Gasteiger partial charge on any atom is 0.251 e. The van der Waals surface area contributed by atoms with Crippen molar-refractivity contribution in [3.63, 3.8) is 0 Å². The van der Waals surface area contributed by atoms with Gasteiger partial charge in [-0.25, -0.2) is 0 Å². The minimum absolute atomic E-state index is 0.0855. The molecule has 0 unspecified atom stereocenters. The van der Waals surface area contributed by atoms with Gasteiger partial charge >= 0.3 is 0 Å². The molecule has 2 aliphatic heterocycles. The number of aromatic nitrogens is 1. The molecular formula is C67H54BN3. The predicted octanol–water partition coefficient (Wildman–Crippen LogP) is 16.5. The van der Waals surface area contributed by atoms with E-state index in [9.17, 15) is 0 Å². The first-order valence-electron chi connectivity index (χ1n) is 25.5. The van der Waals surface area contributed by atoms with Crippen LogP contribution in [0.15, 0.2) is 236 Å². The van der Waals surface area contributed by atoms with Crippen LogP contribution < -0.4 is 20.7 Å². The van der Waals surface area contributed by atoms with Gasteiger partial charge in [0.15, 0.2) is 0 Å². The first-order chi connectivity index (χ1) is 35.2. The summed E-state index contributed by atoms with van der Waals surface area (Å²) in [6.45, 7) is 2.04. The highest BCUT2D eigenvalue weighted by atomic mass is 15.2. The second kappa shape index (κ2) is 18.2. The molecule has 0 radical (unpaired) electrons. The number of fused-ring (bicyclic) bond motifs is 5. The molecule has 0 spiro atoms. The van der Waals surface area contributed by atoms with E-state index >= 15 is 0 Å². The Kier molecular flexibility index (Phi) is 11.0. The molecule has 0 amide bonds. The van der Waals surface area contributed by atoms with Gasteiger partial charge < -0.3 is 14.4 Å². The lowest BCUT2D eigenvalue weighted by atomic mass is 9.33. The maximum atomic E-state index is 2.58. The first kappa shape index (κ1) is 42.7. The van der Waals surface area contributed by atoms with Gasteiger partial charge in [-0.1, -0.05) is 188 Å². The minimum Gasteiger partial charge on any atom is -0.318 e. The van der Waals surface area contributed by atoms with Gasteiger partial charge in [-0.05, 0) is 149 Å². The minimum atomic E-state index is -0.0855. The van der Waals surface area contributed by atoms with Crippen molar-refractivity contribution in [3.05, 3.63) is 259 Å². The summed E-state index contributed by atoms with van der Waals surface area (Å²) in [6.07, 6.45) is 23.3. The van der Waals surface area contributed by atoms with E-state index in [-0.39, 0.29) is 6.71 Å². The van der Waals surface area contributed by atoms with Crippen molar-refractivity contribution in [1.82, 2.24) is 4.57 Å². The molecule has 0 atom stereocenters. The molecule has 9 aromatic rings. The molecule has 2 aliphatic carbocycles. The summed E-state index contributed by atoms with van der Waals surface area (Å²) in [5.74, 6) is 0. The van der Waals surface area contributed by atoms with E-state index in [0.29, 0.717) is 0 Å². The average molecular weight is 912 g/mol. The summed E-state index contributed by atoms with van der Waals surface area (Å²) in [7, 11) is 0. The van der Waals surface area contributed by atoms with Crippen molar-refractivity contribution in [2.24, 2.45) is 0 Å². The zero-order chi connectivity index (χ0) is 47.3. The van der Waals surface area contributed by atoms with Crippen molar-refractivity contribution in [1.29, 1.82) is 0 Å². The summed E-state index contributed by atoms with van der Waals surface area (Å²) >= 11 is 0. The summed E-state index contributed by atoms with van der Waals surface area (Å²) in [4.78, 5) is 5.06. The van der Waals surface area contributed by atoms with Crippen molar-refractivity contribution in [2.75, 3.05) is 9.80 Å². The zero-order valence-electron chi connectivity index (χ0n) is 40.2. The molecule has 0 saturated carbocycles. The van der Waals surface area contributed by atoms with Gasteiger partial charge in [0.2, 0.25) is 0 Å². The number of nitrogens with zero attached hydrogens (tertiary/aromatic N) is 3. The fraction of sp³-hybridized carbons (Fsp3) is 0.104. The Bertz CT molecular complexity index is 3630. The van der Waals surface area contributed by atoms with Gasteiger partial charge in [-0.3, -0.25) is 0 Å². The third-order valence-corrected chi connectivity index (χ3v) is 15.1. The van der Waals surface area contributed by atoms with Gasteiger partial charge in [-0.15, -0.1) is 0 Å². The molecule has 3 nitrogen and oxygen atoms in total. The highest BCUT2D eigenvalue weighted by Gasteiger charge is 2.42. The van der Waals surface area contributed by atoms with Crippen LogP contribution in [0.4, 0.5) is 28.4 Å². The summed E-state index contributed by atoms with van der Waals surface area (Å²) < 4.78 is 2.57. The molecule has 1 aromatic heterocycles. The molecule has 0 N–H and O–H groups in total. The molecule has 13 rings (SSSR count). The van der Waals surface area contributed by atoms with E-state index in [1.165, 1.54) is 119 Å². The lowest BCUT2D eigenvalue weighted by Gasteiger charge is -2.43. The number of para-hydroxylation sites is 1. The van der Waals surface area contributed by atoms with E-state index in [2.05, 4.69) is 258 Å². The molecule has 0 saturated heterocycles. The fourth-order valence-corrected chi connectivity index (χ4v) is 11.8. The number of anilines is 5. The van der Waals surface area contributed by atoms with Crippen LogP contribution in [0, 0.1) is 0 Å². The summed E-state index contributed by atoms with van der Waals surface area (Å²) in [5, 5.41) is 1.30. The Labute approximate surface area is 418 Å². The molecule has 3 heterocycles. The second-order valence-corrected chi connectivity index (χ2v) is 19.4. The van der Waals surface area contributed by atoms with Crippen molar-refractivity contribution >= 4 is 74.2 Å². The van der Waals surface area contributed by atoms with Crippen molar-refractivity contribution < 1.29 is 0 Å². The van der Waals surface area contributed by atoms with Crippen LogP contribution in [0.2, 0.25) is 0 Å². The molecule has 4 heteroatoms. The first-order valence-corrected chi connectivity index (χ1v) is 25.5. The van der Waals surface area contributed by atoms with Crippen LogP contribution >= 0.6 is 0 Å². The van der Waals surface area contributed by atoms with Gasteiger partial charge in [-0.2, -0.15) is 0 Å². The van der Waals surface area contributed by atoms with Crippen LogP contribution in [0.5, 0.6) is 0 Å². The summed E-state index contributed by atoms with van der Waals surface area (Å²) in [5.41, 5.74) is 24.8. The number of hydrogen-bond donors (Lipinski definition) is 0. The van der Waals surface area contributed by atoms with Crippen molar-refractivity contribution in [3.8, 4) is 27.9 Å². The Morgan fingerprint density at radius 1 is 0.549 bits per heavy atom. The standard InChI is InChI=1S/C67H54BN3/c1-2-19-53(49-24-11-5-12-25-49)42-55-46-69(56-37-32-51(33-38-56)47-20-7-3-8-21-47)65-44-58(71-62-30-17-15-28-59(62)60-29-16-18-31-63(60)71)45-66-67(65)68(55)61-43-54(50-26-13-6-14-27-50)36-41-64(61)70(66)57-39-34-52(35-40-57)48-22-9-4-10-23-48/h2-3,5-8,11-17,19-22,24-30,32-46H,4,9-10,18,23,31H2,1H3/b19-2-,53-42+. The van der Waals surface area contributed by atoms with Crippen molar-refractivity contribution in [2.45, 2.75) is 45.4 Å². The van der Waals surface area contributed by atoms with Crippen LogP contribution in [0.25, 0.3) is 56.1 Å². The topological polar surface area (TPSA) is 11.4 Å². The molecule has 0 bridgehead atoms. The van der Waals surface area contributed by atoms with Gasteiger partial charge in [0.1, 0.15) is 0 Å². The highest BCUT2D eigenvalue weighted by Crippen LogP contribution is 2.47. The third-order valence-electron chi connectivity index (χ3n) is 15.1. The number of allylic oxidation sites excluding steroid dienone is 8. The van der Waals surface area contributed by atoms with Crippen LogP contribution in [-0.4, -0.2) is 11.3 Å². The van der Waals surface area contributed by atoms with E-state index in [1.807, 2.05) is 0 Å². The predicted molar refractivity (Wildman–Crippen MR) is 304 cm³/mol. The van der Waals surface area contributed by atoms with Gasteiger partial charge in [0.25, 0.3) is 6.71 Å². The molecule has 340 valence electrons. The molecular weight excluding hydrogens is 858 g/mol. The smallest absolute Gasteiger partial charge is 0.251 e. The monoisotopic (exact) mass is 911 g/mol. The maximum absolute atomic E-state index is 2.58. The average Bonchev–Trinajstić information content (AvgIpc) is 3.78. The van der Waals surface area contributed by atoms with E-state index < -0.39 is 0 Å². The molecule has 0 fully saturated rings. The fourth-order valence-electron chi connectivity index (χ4n) is 11.8. The number of benzene rings is 8. The SMILES string of the molecule is C/C=C\C(=C/C1=CN(c2ccc(-c3ccccc3)cc2)c2cc(-n3c4c(c5ccccc53)C=CCC4)cc3c2B1c1cc(-c2ccccc2)ccc1N3c1ccc(C2=CCCCC2)cc1)c1ccccc1. The Morgan fingerprint density at radius 3 is 1.96 bits per heavy atom. The van der Waals surface area contributed by atoms with Crippen LogP contribution in [0.1, 0.15) is 61.4 Å². The Balaban J connectivity index is 1.12. The third kappa shape index (κ3) is 7.63. The van der Waals surface area contributed by atoms with E-state index in [4.69, 9.17) is 0 Å². The molecule has 4 aliphatic rings. The second-order valence-electron chi connectivity index (χ2n) is 19.4. The highest BCUT2D eigenvalue weighted by molar-refractivity contribution is 6.95. The molecule has 8 aromatic carbocycles. The Morgan fingerprint density at radius 2 is 1.21 bits per heavy atom. The largest absolute Gasteiger partial charge is 0.318 e. The number of rotatable bonds is 9. The number of hydrogen-bond acceptors (Lipinski definition) is 2. The van der Waals surface area contributed by atoms with Crippen LogP contribution in [-0.2, 0) is 6.42 Å². The van der Waals surface area contributed by atoms with Crippen LogP contribution in [0.3, 0.4) is 0 Å². The van der Waals surface area contributed by atoms with Gasteiger partial charge in [0.05, 0.1) is 5.52 Å². The summed E-state index contributed by atoms with van der Waals surface area (Å²) in [6, 6.07) is 72.3. The lowest BCUT2D eigenvalue weighted by molar-refractivity contribution is 0.742. The van der Waals surface area contributed by atoms with Gasteiger partial charge in [0, 0.05) is 57.0 Å². The normalized spacial score (nSPS) is 15.1. The Hall–Kier alpha value is -8.34. The molecule has 71 heavy (non-hydrogen) atoms.